The van der Waals surface area contributed by atoms with Crippen LogP contribution >= 0.6 is 11.6 Å². The van der Waals surface area contributed by atoms with Crippen molar-refractivity contribution in [1.29, 1.82) is 0 Å². The molecule has 15 nitrogen and oxygen atoms in total. The molecule has 0 amide bonds. The zero-order chi connectivity index (χ0) is 33.2. The number of hydrogen-bond donors (Lipinski definition) is 2. The number of aromatic nitrogens is 7. The first-order valence-electron chi connectivity index (χ1n) is 16.9. The summed E-state index contributed by atoms with van der Waals surface area (Å²) >= 11 is 6.47. The summed E-state index contributed by atoms with van der Waals surface area (Å²) in [7, 11) is 0. The lowest BCUT2D eigenvalue weighted by Gasteiger charge is -2.44. The van der Waals surface area contributed by atoms with Crippen LogP contribution in [0.25, 0.3) is 11.1 Å². The minimum Gasteiger partial charge on any atom is -0.487 e. The van der Waals surface area contributed by atoms with Crippen LogP contribution in [-0.4, -0.2) is 94.8 Å². The quantitative estimate of drug-likeness (QED) is 0.220. The fourth-order valence-electron chi connectivity index (χ4n) is 7.49. The number of ether oxygens (including phenoxy) is 3. The number of hydrogen-bond acceptors (Lipinski definition) is 14. The van der Waals surface area contributed by atoms with Gasteiger partial charge in [-0.25, -0.2) is 25.1 Å². The third kappa shape index (κ3) is 7.26. The molecule has 1 unspecified atom stereocenters. The molecule has 0 spiro atoms. The predicted molar refractivity (Wildman–Crippen MR) is 178 cm³/mol. The molecule has 3 aliphatic heterocycles. The Labute approximate surface area is 288 Å². The second kappa shape index (κ2) is 14.4. The van der Waals surface area contributed by atoms with E-state index in [-0.39, 0.29) is 12.7 Å². The van der Waals surface area contributed by atoms with E-state index >= 15 is 0 Å². The monoisotopic (exact) mass is 689 g/mol. The van der Waals surface area contributed by atoms with Crippen LogP contribution in [0.2, 0.25) is 5.02 Å². The Morgan fingerprint density at radius 3 is 2.51 bits per heavy atom. The molecule has 3 aromatic heterocycles. The lowest BCUT2D eigenvalue weighted by atomic mass is 9.89. The van der Waals surface area contributed by atoms with Crippen LogP contribution < -0.4 is 15.5 Å². The number of tetrazole rings is 1. The zero-order valence-corrected chi connectivity index (χ0v) is 28.0. The van der Waals surface area contributed by atoms with E-state index in [1.165, 1.54) is 25.7 Å². The van der Waals surface area contributed by atoms with Gasteiger partial charge in [-0.15, -0.1) is 5.10 Å². The van der Waals surface area contributed by atoms with Crippen molar-refractivity contribution in [2.45, 2.75) is 95.1 Å². The van der Waals surface area contributed by atoms with Crippen molar-refractivity contribution in [3.8, 4) is 16.9 Å². The van der Waals surface area contributed by atoms with Gasteiger partial charge in [0.25, 0.3) is 0 Å². The van der Waals surface area contributed by atoms with Gasteiger partial charge in [0.15, 0.2) is 6.23 Å². The Morgan fingerprint density at radius 1 is 1.00 bits per heavy atom. The van der Waals surface area contributed by atoms with Crippen molar-refractivity contribution in [3.05, 3.63) is 72.2 Å². The molecule has 16 heteroatoms. The molecule has 6 heterocycles. The summed E-state index contributed by atoms with van der Waals surface area (Å²) in [6.07, 6.45) is 16.8. The fraction of sp³-hybridized carbons (Fsp3) is 0.515. The third-order valence-corrected chi connectivity index (χ3v) is 10.1. The van der Waals surface area contributed by atoms with Crippen molar-refractivity contribution >= 4 is 17.5 Å². The first-order chi connectivity index (χ1) is 24.1. The predicted octanol–water partition coefficient (Wildman–Crippen LogP) is 4.03. The molecule has 49 heavy (non-hydrogen) atoms. The van der Waals surface area contributed by atoms with Crippen LogP contribution in [0.3, 0.4) is 0 Å². The standard InChI is InChI=1S/C33H40ClN11O4/c1-21(15-43-20-38-41-42-43)49-30-12-22(2-9-28(30)34)23-13-36-33(37-14-23)39-29-16-44(40-32(29)48-19-31-35-10-11-47-31)24-3-5-25(6-4-24)45-26-7-8-27(45)18-46-17-26/h2,9-14,16,20-21,24-27,32,40H,3-8,15,17-19H2,1H3,(H,36,37,39)/t21-,24?,25?,26-,27+,32?/m0/s1. The van der Waals surface area contributed by atoms with Gasteiger partial charge in [0.2, 0.25) is 11.8 Å². The first-order valence-corrected chi connectivity index (χ1v) is 17.3. The number of nitrogens with one attached hydrogen (secondary N) is 2. The summed E-state index contributed by atoms with van der Waals surface area (Å²) in [4.78, 5) is 16.3. The highest BCUT2D eigenvalue weighted by Crippen LogP contribution is 2.37. The van der Waals surface area contributed by atoms with E-state index in [9.17, 15) is 0 Å². The van der Waals surface area contributed by atoms with Gasteiger partial charge in [0.1, 0.15) is 31.1 Å². The van der Waals surface area contributed by atoms with Crippen LogP contribution in [0.5, 0.6) is 5.75 Å². The average Bonchev–Trinajstić information content (AvgIpc) is 3.94. The third-order valence-electron chi connectivity index (χ3n) is 9.80. The molecule has 8 rings (SSSR count). The maximum absolute atomic E-state index is 6.47. The van der Waals surface area contributed by atoms with Gasteiger partial charge in [-0.05, 0) is 73.6 Å². The van der Waals surface area contributed by atoms with Crippen LogP contribution in [0, 0.1) is 0 Å². The average molecular weight is 690 g/mol. The molecule has 2 bridgehead atoms. The minimum absolute atomic E-state index is 0.208. The first kappa shape index (κ1) is 32.1. The molecule has 1 aliphatic carbocycles. The number of oxazole rings is 1. The number of morpholine rings is 1. The summed E-state index contributed by atoms with van der Waals surface area (Å²) in [5.74, 6) is 1.52. The van der Waals surface area contributed by atoms with E-state index in [2.05, 4.69) is 57.3 Å². The molecular weight excluding hydrogens is 650 g/mol. The Bertz CT molecular complexity index is 1680. The number of hydrazine groups is 1. The van der Waals surface area contributed by atoms with Gasteiger partial charge in [-0.3, -0.25) is 4.90 Å². The SMILES string of the molecule is C[C@@H](Cn1cnnn1)Oc1cc(-c2cnc(NC3=CN(C4CCC(N5[C@@H]6CC[C@H]5COC6)CC4)NC3OCc3ncco3)nc2)ccc1Cl. The molecule has 1 aromatic carbocycles. The largest absolute Gasteiger partial charge is 0.487 e. The van der Waals surface area contributed by atoms with Gasteiger partial charge in [0.05, 0.1) is 36.7 Å². The lowest BCUT2D eigenvalue weighted by Crippen LogP contribution is -2.54. The smallest absolute Gasteiger partial charge is 0.227 e. The van der Waals surface area contributed by atoms with Crippen molar-refractivity contribution in [1.82, 2.24) is 50.5 Å². The Kier molecular flexibility index (Phi) is 9.41. The van der Waals surface area contributed by atoms with Gasteiger partial charge in [-0.2, -0.15) is 0 Å². The van der Waals surface area contributed by atoms with E-state index in [4.69, 9.17) is 30.2 Å². The van der Waals surface area contributed by atoms with Crippen molar-refractivity contribution in [2.75, 3.05) is 18.5 Å². The second-order valence-electron chi connectivity index (χ2n) is 13.1. The van der Waals surface area contributed by atoms with Crippen LogP contribution in [0.15, 0.2) is 65.7 Å². The van der Waals surface area contributed by atoms with E-state index in [0.29, 0.717) is 53.3 Å². The molecule has 3 fully saturated rings. The molecule has 258 valence electrons. The van der Waals surface area contributed by atoms with Crippen LogP contribution in [0.1, 0.15) is 51.3 Å². The number of halogens is 1. The summed E-state index contributed by atoms with van der Waals surface area (Å²) in [6.45, 7) is 4.40. The maximum Gasteiger partial charge on any atom is 0.227 e. The van der Waals surface area contributed by atoms with E-state index < -0.39 is 6.23 Å². The highest BCUT2D eigenvalue weighted by molar-refractivity contribution is 6.32. The van der Waals surface area contributed by atoms with Gasteiger partial charge in [-0.1, -0.05) is 17.7 Å². The lowest BCUT2D eigenvalue weighted by molar-refractivity contribution is -0.0511. The van der Waals surface area contributed by atoms with Crippen molar-refractivity contribution < 1.29 is 18.6 Å². The maximum atomic E-state index is 6.47. The van der Waals surface area contributed by atoms with Gasteiger partial charge >= 0.3 is 0 Å². The molecule has 2 saturated heterocycles. The van der Waals surface area contributed by atoms with E-state index in [1.54, 1.807) is 41.9 Å². The van der Waals surface area contributed by atoms with Crippen LogP contribution in [-0.2, 0) is 22.6 Å². The number of rotatable bonds is 12. The molecule has 4 aliphatic rings. The highest BCUT2D eigenvalue weighted by Gasteiger charge is 2.43. The number of nitrogens with zero attached hydrogens (tertiary/aromatic N) is 9. The van der Waals surface area contributed by atoms with Crippen LogP contribution in [0.4, 0.5) is 5.95 Å². The van der Waals surface area contributed by atoms with E-state index in [1.807, 2.05) is 19.1 Å². The Hall–Kier alpha value is -4.15. The molecule has 0 radical (unpaired) electrons. The molecule has 1 saturated carbocycles. The molecule has 4 atom stereocenters. The van der Waals surface area contributed by atoms with Crippen molar-refractivity contribution in [3.63, 3.8) is 0 Å². The number of anilines is 1. The Morgan fingerprint density at radius 2 is 1.78 bits per heavy atom. The highest BCUT2D eigenvalue weighted by atomic mass is 35.5. The topological polar surface area (TPSA) is 154 Å². The van der Waals surface area contributed by atoms with Crippen molar-refractivity contribution in [2.24, 2.45) is 0 Å². The van der Waals surface area contributed by atoms with Gasteiger partial charge in [0, 0.05) is 48.3 Å². The molecule has 4 aromatic rings. The summed E-state index contributed by atoms with van der Waals surface area (Å²) in [5.41, 5.74) is 6.06. The van der Waals surface area contributed by atoms with Gasteiger partial charge < -0.3 is 29.0 Å². The summed E-state index contributed by atoms with van der Waals surface area (Å²) in [5, 5.41) is 17.3. The number of benzene rings is 1. The zero-order valence-electron chi connectivity index (χ0n) is 27.3. The summed E-state index contributed by atoms with van der Waals surface area (Å²) < 4.78 is 25.2. The second-order valence-corrected chi connectivity index (χ2v) is 13.5. The fourth-order valence-corrected chi connectivity index (χ4v) is 7.65. The number of fused-ring (bicyclic) bond motifs is 2. The summed E-state index contributed by atoms with van der Waals surface area (Å²) in [6, 6.07) is 7.77. The van der Waals surface area contributed by atoms with E-state index in [0.717, 1.165) is 42.9 Å². The molecule has 2 N–H and O–H groups in total. The Balaban J connectivity index is 0.928. The molecular formula is C33H40ClN11O4. The minimum atomic E-state index is -0.450. The normalized spacial score (nSPS) is 26.1.